The first-order valence-electron chi connectivity index (χ1n) is 5.14. The highest BCUT2D eigenvalue weighted by Crippen LogP contribution is 2.26. The molecule has 6 nitrogen and oxygen atoms in total. The van der Waals surface area contributed by atoms with E-state index in [1.54, 1.807) is 6.92 Å². The lowest BCUT2D eigenvalue weighted by Gasteiger charge is -2.14. The largest absolute Gasteiger partial charge is 0.478 e. The number of aromatic carboxylic acids is 2. The van der Waals surface area contributed by atoms with Gasteiger partial charge in [0.2, 0.25) is 5.91 Å². The molecule has 0 atom stereocenters. The number of nitrogens with one attached hydrogen (secondary N) is 1. The van der Waals surface area contributed by atoms with Crippen molar-refractivity contribution in [1.82, 2.24) is 0 Å². The SMILES string of the molecule is CC(=O)Nc1cc(C)c(C(=O)O)c(C)c1C(=O)O. The minimum absolute atomic E-state index is 0.0542. The lowest BCUT2D eigenvalue weighted by Crippen LogP contribution is -2.16. The van der Waals surface area contributed by atoms with Crippen molar-refractivity contribution in [2.75, 3.05) is 5.32 Å². The number of hydrogen-bond acceptors (Lipinski definition) is 3. The summed E-state index contributed by atoms with van der Waals surface area (Å²) in [5.74, 6) is -2.89. The Morgan fingerprint density at radius 3 is 1.94 bits per heavy atom. The molecule has 0 saturated carbocycles. The van der Waals surface area contributed by atoms with Crippen molar-refractivity contribution in [3.63, 3.8) is 0 Å². The molecule has 0 aliphatic rings. The molecule has 1 rings (SSSR count). The number of carbonyl (C=O) groups excluding carboxylic acids is 1. The molecule has 0 aliphatic heterocycles. The molecule has 6 heteroatoms. The van der Waals surface area contributed by atoms with Crippen LogP contribution in [-0.2, 0) is 4.79 Å². The van der Waals surface area contributed by atoms with Gasteiger partial charge in [0.15, 0.2) is 0 Å². The number of aryl methyl sites for hydroxylation is 1. The van der Waals surface area contributed by atoms with E-state index in [1.165, 1.54) is 19.9 Å². The number of amides is 1. The molecular formula is C12H13NO5. The van der Waals surface area contributed by atoms with Crippen molar-refractivity contribution < 1.29 is 24.6 Å². The third kappa shape index (κ3) is 2.48. The summed E-state index contributed by atoms with van der Waals surface area (Å²) in [6, 6.07) is 1.35. The van der Waals surface area contributed by atoms with E-state index in [1.807, 2.05) is 0 Å². The van der Waals surface area contributed by atoms with Crippen LogP contribution < -0.4 is 5.32 Å². The highest BCUT2D eigenvalue weighted by Gasteiger charge is 2.22. The molecule has 0 unspecified atom stereocenters. The van der Waals surface area contributed by atoms with E-state index in [-0.39, 0.29) is 22.4 Å². The maximum absolute atomic E-state index is 11.2. The van der Waals surface area contributed by atoms with Crippen LogP contribution >= 0.6 is 0 Å². The third-order valence-electron chi connectivity index (χ3n) is 2.51. The fourth-order valence-electron chi connectivity index (χ4n) is 1.88. The zero-order chi connectivity index (χ0) is 14.0. The summed E-state index contributed by atoms with van der Waals surface area (Å²) in [6.07, 6.45) is 0. The van der Waals surface area contributed by atoms with Crippen LogP contribution in [0.3, 0.4) is 0 Å². The van der Waals surface area contributed by atoms with Gasteiger partial charge in [-0.25, -0.2) is 9.59 Å². The molecule has 0 heterocycles. The molecule has 1 aromatic rings. The van der Waals surface area contributed by atoms with Crippen LogP contribution in [0.5, 0.6) is 0 Å². The Morgan fingerprint density at radius 2 is 1.56 bits per heavy atom. The van der Waals surface area contributed by atoms with Crippen molar-refractivity contribution in [2.45, 2.75) is 20.8 Å². The first-order valence-corrected chi connectivity index (χ1v) is 5.14. The first-order chi connectivity index (χ1) is 8.25. The van der Waals surface area contributed by atoms with Crippen LogP contribution in [0, 0.1) is 13.8 Å². The number of carbonyl (C=O) groups is 3. The number of hydrogen-bond donors (Lipinski definition) is 3. The Balaban J connectivity index is 3.60. The Labute approximate surface area is 103 Å². The van der Waals surface area contributed by atoms with Crippen molar-refractivity contribution in [1.29, 1.82) is 0 Å². The van der Waals surface area contributed by atoms with Gasteiger partial charge in [-0.05, 0) is 31.0 Å². The van der Waals surface area contributed by atoms with Gasteiger partial charge in [-0.3, -0.25) is 4.79 Å². The predicted octanol–water partition coefficient (Wildman–Crippen LogP) is 1.66. The smallest absolute Gasteiger partial charge is 0.338 e. The normalized spacial score (nSPS) is 9.94. The van der Waals surface area contributed by atoms with Crippen LogP contribution in [-0.4, -0.2) is 28.1 Å². The maximum Gasteiger partial charge on any atom is 0.338 e. The van der Waals surface area contributed by atoms with Gasteiger partial charge in [-0.2, -0.15) is 0 Å². The van der Waals surface area contributed by atoms with Crippen LogP contribution in [0.15, 0.2) is 6.07 Å². The van der Waals surface area contributed by atoms with Gasteiger partial charge in [0, 0.05) is 6.92 Å². The van der Waals surface area contributed by atoms with E-state index in [0.717, 1.165) is 0 Å². The fourth-order valence-corrected chi connectivity index (χ4v) is 1.88. The number of carboxylic acids is 2. The lowest BCUT2D eigenvalue weighted by molar-refractivity contribution is -0.114. The summed E-state index contributed by atoms with van der Waals surface area (Å²) in [5.41, 5.74) is 0.372. The second-order valence-corrected chi connectivity index (χ2v) is 3.91. The molecule has 96 valence electrons. The van der Waals surface area contributed by atoms with Gasteiger partial charge in [-0.1, -0.05) is 0 Å². The van der Waals surface area contributed by atoms with Crippen LogP contribution in [0.1, 0.15) is 38.8 Å². The van der Waals surface area contributed by atoms with Gasteiger partial charge in [0.25, 0.3) is 0 Å². The average molecular weight is 251 g/mol. The van der Waals surface area contributed by atoms with E-state index in [9.17, 15) is 14.4 Å². The second kappa shape index (κ2) is 4.87. The van der Waals surface area contributed by atoms with Crippen molar-refractivity contribution in [3.8, 4) is 0 Å². The molecular weight excluding hydrogens is 238 g/mol. The first kappa shape index (κ1) is 13.7. The third-order valence-corrected chi connectivity index (χ3v) is 2.51. The van der Waals surface area contributed by atoms with Gasteiger partial charge in [0.05, 0.1) is 16.8 Å². The zero-order valence-corrected chi connectivity index (χ0v) is 10.2. The van der Waals surface area contributed by atoms with Crippen molar-refractivity contribution in [2.24, 2.45) is 0 Å². The summed E-state index contributed by atoms with van der Waals surface area (Å²) in [5, 5.41) is 20.5. The molecule has 0 radical (unpaired) electrons. The predicted molar refractivity (Wildman–Crippen MR) is 64.1 cm³/mol. The molecule has 1 amide bonds. The van der Waals surface area contributed by atoms with E-state index in [4.69, 9.17) is 10.2 Å². The molecule has 0 saturated heterocycles. The quantitative estimate of drug-likeness (QED) is 0.757. The lowest BCUT2D eigenvalue weighted by atomic mass is 9.95. The van der Waals surface area contributed by atoms with Gasteiger partial charge in [0.1, 0.15) is 0 Å². The van der Waals surface area contributed by atoms with Crippen LogP contribution in [0.4, 0.5) is 5.69 Å². The van der Waals surface area contributed by atoms with E-state index in [0.29, 0.717) is 5.56 Å². The average Bonchev–Trinajstić information content (AvgIpc) is 2.13. The molecule has 0 fully saturated rings. The molecule has 18 heavy (non-hydrogen) atoms. The molecule has 0 aromatic heterocycles. The second-order valence-electron chi connectivity index (χ2n) is 3.91. The zero-order valence-electron chi connectivity index (χ0n) is 10.2. The highest BCUT2D eigenvalue weighted by atomic mass is 16.4. The Bertz CT molecular complexity index is 548. The van der Waals surface area contributed by atoms with Gasteiger partial charge in [-0.15, -0.1) is 0 Å². The molecule has 0 aliphatic carbocycles. The summed E-state index contributed by atoms with van der Waals surface area (Å²) in [7, 11) is 0. The van der Waals surface area contributed by atoms with Crippen LogP contribution in [0.2, 0.25) is 0 Å². The topological polar surface area (TPSA) is 104 Å². The Morgan fingerprint density at radius 1 is 1.06 bits per heavy atom. The number of rotatable bonds is 3. The number of carboxylic acid groups (broad SMARTS) is 2. The minimum atomic E-state index is -1.28. The maximum atomic E-state index is 11.2. The molecule has 3 N–H and O–H groups in total. The summed E-state index contributed by atoms with van der Waals surface area (Å²) in [6.45, 7) is 4.21. The van der Waals surface area contributed by atoms with Gasteiger partial charge >= 0.3 is 11.9 Å². The fraction of sp³-hybridized carbons (Fsp3) is 0.250. The Hall–Kier alpha value is -2.37. The monoisotopic (exact) mass is 251 g/mol. The van der Waals surface area contributed by atoms with E-state index < -0.39 is 17.8 Å². The van der Waals surface area contributed by atoms with E-state index in [2.05, 4.69) is 5.32 Å². The number of anilines is 1. The molecule has 1 aromatic carbocycles. The van der Waals surface area contributed by atoms with Crippen molar-refractivity contribution >= 4 is 23.5 Å². The number of benzene rings is 1. The summed E-state index contributed by atoms with van der Waals surface area (Å²) in [4.78, 5) is 33.2. The van der Waals surface area contributed by atoms with Gasteiger partial charge < -0.3 is 15.5 Å². The summed E-state index contributed by atoms with van der Waals surface area (Å²) < 4.78 is 0. The molecule has 0 spiro atoms. The summed E-state index contributed by atoms with van der Waals surface area (Å²) >= 11 is 0. The molecule has 0 bridgehead atoms. The highest BCUT2D eigenvalue weighted by molar-refractivity contribution is 6.04. The standard InChI is InChI=1S/C12H13NO5/c1-5-4-8(13-7(3)14)10(12(17)18)6(2)9(5)11(15)16/h4H,1-3H3,(H,13,14)(H,15,16)(H,17,18). The van der Waals surface area contributed by atoms with Crippen molar-refractivity contribution in [3.05, 3.63) is 28.3 Å². The van der Waals surface area contributed by atoms with E-state index >= 15 is 0 Å². The Kier molecular flexibility index (Phi) is 3.70. The minimum Gasteiger partial charge on any atom is -0.478 e. The van der Waals surface area contributed by atoms with Crippen LogP contribution in [0.25, 0.3) is 0 Å².